The lowest BCUT2D eigenvalue weighted by Crippen LogP contribution is -2.40. The van der Waals surface area contributed by atoms with E-state index in [0.29, 0.717) is 12.6 Å². The summed E-state index contributed by atoms with van der Waals surface area (Å²) in [5, 5.41) is 0. The topological polar surface area (TPSA) is 46.3 Å². The first-order valence-electron chi connectivity index (χ1n) is 7.71. The van der Waals surface area contributed by atoms with Crippen LogP contribution in [0.3, 0.4) is 0 Å². The van der Waals surface area contributed by atoms with E-state index in [4.69, 9.17) is 5.73 Å². The minimum atomic E-state index is 0.174. The van der Waals surface area contributed by atoms with Crippen molar-refractivity contribution in [1.82, 2.24) is 4.90 Å². The summed E-state index contributed by atoms with van der Waals surface area (Å²) in [7, 11) is 0. The molecule has 2 N–H and O–H groups in total. The molecule has 20 heavy (non-hydrogen) atoms. The Kier molecular flexibility index (Phi) is 5.18. The number of carbonyl (C=O) groups excluding carboxylic acids is 1. The Morgan fingerprint density at radius 1 is 1.25 bits per heavy atom. The number of nitrogens with two attached hydrogens (primary N) is 1. The Hall–Kier alpha value is -1.35. The second kappa shape index (κ2) is 6.89. The fourth-order valence-electron chi connectivity index (χ4n) is 2.97. The van der Waals surface area contributed by atoms with Gasteiger partial charge in [-0.2, -0.15) is 0 Å². The highest BCUT2D eigenvalue weighted by atomic mass is 16.2. The van der Waals surface area contributed by atoms with Crippen molar-refractivity contribution in [2.24, 2.45) is 5.73 Å². The molecular weight excluding hydrogens is 248 g/mol. The standard InChI is InChI=1S/C17H26N2O/c1-13-8-9-15(12-14(13)2)17(20)19(11-5-10-18)16-6-3-4-7-16/h8-9,12,16H,3-7,10-11,18H2,1-2H3. The Labute approximate surface area is 122 Å². The predicted molar refractivity (Wildman–Crippen MR) is 82.9 cm³/mol. The third-order valence-electron chi connectivity index (χ3n) is 4.38. The number of carbonyl (C=O) groups is 1. The van der Waals surface area contributed by atoms with Crippen LogP contribution in [0, 0.1) is 13.8 Å². The first-order valence-corrected chi connectivity index (χ1v) is 7.71. The second-order valence-corrected chi connectivity index (χ2v) is 5.88. The van der Waals surface area contributed by atoms with E-state index in [9.17, 15) is 4.79 Å². The van der Waals surface area contributed by atoms with Crippen LogP contribution in [0.4, 0.5) is 0 Å². The Morgan fingerprint density at radius 2 is 1.95 bits per heavy atom. The highest BCUT2D eigenvalue weighted by Crippen LogP contribution is 2.25. The van der Waals surface area contributed by atoms with Crippen molar-refractivity contribution in [1.29, 1.82) is 0 Å². The molecule has 1 amide bonds. The van der Waals surface area contributed by atoms with Gasteiger partial charge >= 0.3 is 0 Å². The summed E-state index contributed by atoms with van der Waals surface area (Å²) in [5.74, 6) is 0.174. The fourth-order valence-corrected chi connectivity index (χ4v) is 2.97. The largest absolute Gasteiger partial charge is 0.336 e. The lowest BCUT2D eigenvalue weighted by molar-refractivity contribution is 0.0680. The molecule has 0 atom stereocenters. The average Bonchev–Trinajstić information content (AvgIpc) is 2.96. The SMILES string of the molecule is Cc1ccc(C(=O)N(CCCN)C2CCCC2)cc1C. The highest BCUT2D eigenvalue weighted by molar-refractivity contribution is 5.94. The quantitative estimate of drug-likeness (QED) is 0.897. The van der Waals surface area contributed by atoms with Crippen molar-refractivity contribution in [3.05, 3.63) is 34.9 Å². The Bertz CT molecular complexity index is 464. The summed E-state index contributed by atoms with van der Waals surface area (Å²) in [5.41, 5.74) is 8.85. The summed E-state index contributed by atoms with van der Waals surface area (Å²) >= 11 is 0. The minimum Gasteiger partial charge on any atom is -0.336 e. The van der Waals surface area contributed by atoms with Gasteiger partial charge in [0.05, 0.1) is 0 Å². The average molecular weight is 274 g/mol. The summed E-state index contributed by atoms with van der Waals surface area (Å²) in [4.78, 5) is 14.8. The fraction of sp³-hybridized carbons (Fsp3) is 0.588. The third kappa shape index (κ3) is 3.40. The zero-order valence-electron chi connectivity index (χ0n) is 12.7. The predicted octanol–water partition coefficient (Wildman–Crippen LogP) is 3.04. The van der Waals surface area contributed by atoms with Gasteiger partial charge in [-0.15, -0.1) is 0 Å². The van der Waals surface area contributed by atoms with Gasteiger partial charge in [-0.3, -0.25) is 4.79 Å². The van der Waals surface area contributed by atoms with Gasteiger partial charge in [0, 0.05) is 18.2 Å². The number of hydrogen-bond donors (Lipinski definition) is 1. The van der Waals surface area contributed by atoms with Crippen LogP contribution in [-0.2, 0) is 0 Å². The maximum absolute atomic E-state index is 12.8. The van der Waals surface area contributed by atoms with E-state index in [1.54, 1.807) is 0 Å². The van der Waals surface area contributed by atoms with Crippen LogP contribution in [0.25, 0.3) is 0 Å². The first kappa shape index (κ1) is 15.0. The zero-order chi connectivity index (χ0) is 14.5. The maximum atomic E-state index is 12.8. The molecule has 0 unspecified atom stereocenters. The van der Waals surface area contributed by atoms with E-state index in [2.05, 4.69) is 18.7 Å². The van der Waals surface area contributed by atoms with E-state index in [1.165, 1.54) is 24.0 Å². The van der Waals surface area contributed by atoms with Gasteiger partial charge in [0.15, 0.2) is 0 Å². The van der Waals surface area contributed by atoms with Crippen molar-refractivity contribution in [2.75, 3.05) is 13.1 Å². The number of amides is 1. The summed E-state index contributed by atoms with van der Waals surface area (Å²) in [6.07, 6.45) is 5.64. The van der Waals surface area contributed by atoms with Crippen molar-refractivity contribution < 1.29 is 4.79 Å². The van der Waals surface area contributed by atoms with Crippen LogP contribution in [0.5, 0.6) is 0 Å². The number of rotatable bonds is 5. The maximum Gasteiger partial charge on any atom is 0.254 e. The Balaban J connectivity index is 2.17. The third-order valence-corrected chi connectivity index (χ3v) is 4.38. The van der Waals surface area contributed by atoms with Crippen LogP contribution in [-0.4, -0.2) is 29.9 Å². The lowest BCUT2D eigenvalue weighted by Gasteiger charge is -2.29. The molecule has 0 bridgehead atoms. The number of hydrogen-bond acceptors (Lipinski definition) is 2. The van der Waals surface area contributed by atoms with Crippen LogP contribution in [0.2, 0.25) is 0 Å². The van der Waals surface area contributed by atoms with Crippen LogP contribution in [0.15, 0.2) is 18.2 Å². The van der Waals surface area contributed by atoms with Crippen LogP contribution in [0.1, 0.15) is 53.6 Å². The van der Waals surface area contributed by atoms with Gasteiger partial charge < -0.3 is 10.6 Å². The van der Waals surface area contributed by atoms with Crippen molar-refractivity contribution in [2.45, 2.75) is 52.0 Å². The van der Waals surface area contributed by atoms with Gasteiger partial charge in [0.2, 0.25) is 0 Å². The summed E-state index contributed by atoms with van der Waals surface area (Å²) in [6.45, 7) is 5.56. The molecule has 3 heteroatoms. The minimum absolute atomic E-state index is 0.174. The van der Waals surface area contributed by atoms with Crippen molar-refractivity contribution >= 4 is 5.91 Å². The number of nitrogens with zero attached hydrogens (tertiary/aromatic N) is 1. The van der Waals surface area contributed by atoms with E-state index in [1.807, 2.05) is 18.2 Å². The van der Waals surface area contributed by atoms with Crippen LogP contribution >= 0.6 is 0 Å². The molecule has 110 valence electrons. The molecule has 0 heterocycles. The van der Waals surface area contributed by atoms with Crippen molar-refractivity contribution in [3.8, 4) is 0 Å². The molecule has 0 aromatic heterocycles. The molecule has 1 saturated carbocycles. The summed E-state index contributed by atoms with van der Waals surface area (Å²) in [6, 6.07) is 6.42. The monoisotopic (exact) mass is 274 g/mol. The molecule has 0 saturated heterocycles. The second-order valence-electron chi connectivity index (χ2n) is 5.88. The molecule has 2 rings (SSSR count). The molecule has 0 spiro atoms. The Morgan fingerprint density at radius 3 is 2.55 bits per heavy atom. The van der Waals surface area contributed by atoms with E-state index in [-0.39, 0.29) is 5.91 Å². The molecular formula is C17H26N2O. The molecule has 1 aromatic carbocycles. The van der Waals surface area contributed by atoms with Gasteiger partial charge in [0.1, 0.15) is 0 Å². The van der Waals surface area contributed by atoms with Gasteiger partial charge in [-0.1, -0.05) is 18.9 Å². The molecule has 0 aliphatic heterocycles. The van der Waals surface area contributed by atoms with Gasteiger partial charge in [-0.25, -0.2) is 0 Å². The molecule has 3 nitrogen and oxygen atoms in total. The lowest BCUT2D eigenvalue weighted by atomic mass is 10.0. The van der Waals surface area contributed by atoms with E-state index >= 15 is 0 Å². The molecule has 1 aromatic rings. The first-order chi connectivity index (χ1) is 9.63. The van der Waals surface area contributed by atoms with Crippen molar-refractivity contribution in [3.63, 3.8) is 0 Å². The molecule has 1 aliphatic rings. The molecule has 0 radical (unpaired) electrons. The normalized spacial score (nSPS) is 15.6. The zero-order valence-corrected chi connectivity index (χ0v) is 12.7. The molecule has 1 fully saturated rings. The summed E-state index contributed by atoms with van der Waals surface area (Å²) < 4.78 is 0. The number of benzene rings is 1. The number of aryl methyl sites for hydroxylation is 2. The van der Waals surface area contributed by atoms with Crippen LogP contribution < -0.4 is 5.73 Å². The van der Waals surface area contributed by atoms with E-state index in [0.717, 1.165) is 31.4 Å². The molecule has 1 aliphatic carbocycles. The highest BCUT2D eigenvalue weighted by Gasteiger charge is 2.26. The van der Waals surface area contributed by atoms with Gasteiger partial charge in [-0.05, 0) is 62.9 Å². The van der Waals surface area contributed by atoms with Gasteiger partial charge in [0.25, 0.3) is 5.91 Å². The smallest absolute Gasteiger partial charge is 0.254 e. The van der Waals surface area contributed by atoms with E-state index < -0.39 is 0 Å².